The fourth-order valence-corrected chi connectivity index (χ4v) is 3.24. The molecule has 120 valence electrons. The molecular weight excluding hydrogens is 343 g/mol. The van der Waals surface area contributed by atoms with E-state index in [9.17, 15) is 0 Å². The Hall–Kier alpha value is -2.17. The average Bonchev–Trinajstić information content (AvgIpc) is 2.94. The standard InChI is InChI=1S/C18H14Cl2N4/c1-11(19)18-23-22-16-10-21-17(12-5-3-2-4-6-12)14-9-13(20)7-8-15(14)24(16)18/h2-9,11H,10H2,1H3. The van der Waals surface area contributed by atoms with E-state index in [0.29, 0.717) is 17.4 Å². The maximum atomic E-state index is 6.30. The number of fused-ring (bicyclic) bond motifs is 3. The van der Waals surface area contributed by atoms with Crippen LogP contribution in [0.5, 0.6) is 0 Å². The van der Waals surface area contributed by atoms with E-state index in [1.165, 1.54) is 0 Å². The second kappa shape index (κ2) is 6.04. The number of aliphatic imine (C=N–C) groups is 1. The molecule has 4 rings (SSSR count). The lowest BCUT2D eigenvalue weighted by Crippen LogP contribution is -2.09. The molecule has 0 fully saturated rings. The van der Waals surface area contributed by atoms with Crippen LogP contribution < -0.4 is 0 Å². The molecule has 0 aliphatic carbocycles. The van der Waals surface area contributed by atoms with Gasteiger partial charge >= 0.3 is 0 Å². The highest BCUT2D eigenvalue weighted by atomic mass is 35.5. The largest absolute Gasteiger partial charge is 0.279 e. The third kappa shape index (κ3) is 2.52. The second-order valence-electron chi connectivity index (χ2n) is 5.62. The first kappa shape index (κ1) is 15.4. The van der Waals surface area contributed by atoms with Gasteiger partial charge in [-0.2, -0.15) is 0 Å². The van der Waals surface area contributed by atoms with Gasteiger partial charge in [-0.25, -0.2) is 0 Å². The van der Waals surface area contributed by atoms with Gasteiger partial charge in [-0.1, -0.05) is 41.9 Å². The van der Waals surface area contributed by atoms with Crippen molar-refractivity contribution in [3.8, 4) is 5.69 Å². The van der Waals surface area contributed by atoms with Crippen LogP contribution in [-0.2, 0) is 6.54 Å². The van der Waals surface area contributed by atoms with Crippen molar-refractivity contribution in [3.63, 3.8) is 0 Å². The average molecular weight is 357 g/mol. The minimum atomic E-state index is -0.256. The summed E-state index contributed by atoms with van der Waals surface area (Å²) >= 11 is 12.6. The van der Waals surface area contributed by atoms with Gasteiger partial charge in [0.15, 0.2) is 11.6 Å². The number of aromatic nitrogens is 3. The molecule has 6 heteroatoms. The lowest BCUT2D eigenvalue weighted by Gasteiger charge is -2.14. The van der Waals surface area contributed by atoms with Gasteiger partial charge in [-0.3, -0.25) is 9.56 Å². The summed E-state index contributed by atoms with van der Waals surface area (Å²) in [7, 11) is 0. The first-order valence-corrected chi connectivity index (χ1v) is 8.45. The molecule has 0 N–H and O–H groups in total. The van der Waals surface area contributed by atoms with Crippen LogP contribution in [0.1, 0.15) is 35.1 Å². The summed E-state index contributed by atoms with van der Waals surface area (Å²) in [6.45, 7) is 2.32. The minimum absolute atomic E-state index is 0.256. The van der Waals surface area contributed by atoms with Crippen LogP contribution in [0.3, 0.4) is 0 Å². The number of hydrogen-bond donors (Lipinski definition) is 0. The Morgan fingerprint density at radius 2 is 1.88 bits per heavy atom. The fraction of sp³-hybridized carbons (Fsp3) is 0.167. The molecule has 0 saturated heterocycles. The summed E-state index contributed by atoms with van der Waals surface area (Å²) < 4.78 is 1.99. The fourth-order valence-electron chi connectivity index (χ4n) is 2.92. The summed E-state index contributed by atoms with van der Waals surface area (Å²) in [5.74, 6) is 1.48. The van der Waals surface area contributed by atoms with Crippen molar-refractivity contribution in [1.29, 1.82) is 0 Å². The van der Waals surface area contributed by atoms with Crippen molar-refractivity contribution >= 4 is 28.9 Å². The highest BCUT2D eigenvalue weighted by Crippen LogP contribution is 2.30. The van der Waals surface area contributed by atoms with Gasteiger partial charge in [0.25, 0.3) is 0 Å². The SMILES string of the molecule is CC(Cl)c1nnc2n1-c1ccc(Cl)cc1C(c1ccccc1)=NC2. The van der Waals surface area contributed by atoms with E-state index in [-0.39, 0.29) is 5.38 Å². The van der Waals surface area contributed by atoms with E-state index in [2.05, 4.69) is 10.2 Å². The topological polar surface area (TPSA) is 43.1 Å². The molecule has 0 spiro atoms. The molecule has 4 nitrogen and oxygen atoms in total. The van der Waals surface area contributed by atoms with Crippen LogP contribution in [0, 0.1) is 0 Å². The van der Waals surface area contributed by atoms with Crippen molar-refractivity contribution in [1.82, 2.24) is 14.8 Å². The molecule has 1 aliphatic rings. The van der Waals surface area contributed by atoms with E-state index in [0.717, 1.165) is 28.4 Å². The first-order chi connectivity index (χ1) is 11.6. The molecular formula is C18H14Cl2N4. The second-order valence-corrected chi connectivity index (χ2v) is 6.71. The van der Waals surface area contributed by atoms with Crippen LogP contribution in [0.2, 0.25) is 5.02 Å². The van der Waals surface area contributed by atoms with E-state index in [1.54, 1.807) is 0 Å². The Morgan fingerprint density at radius 1 is 1.08 bits per heavy atom. The number of nitrogens with zero attached hydrogens (tertiary/aromatic N) is 4. The highest BCUT2D eigenvalue weighted by molar-refractivity contribution is 6.31. The molecule has 1 aromatic heterocycles. The smallest absolute Gasteiger partial charge is 0.159 e. The lowest BCUT2D eigenvalue weighted by atomic mass is 10.0. The van der Waals surface area contributed by atoms with Gasteiger partial charge in [-0.15, -0.1) is 21.8 Å². The Bertz CT molecular complexity index is 929. The molecule has 0 radical (unpaired) electrons. The van der Waals surface area contributed by atoms with Crippen molar-refractivity contribution in [2.24, 2.45) is 4.99 Å². The molecule has 0 saturated carbocycles. The summed E-state index contributed by atoms with van der Waals surface area (Å²) in [6, 6.07) is 15.8. The molecule has 24 heavy (non-hydrogen) atoms. The van der Waals surface area contributed by atoms with E-state index < -0.39 is 0 Å². The molecule has 0 amide bonds. The normalized spacial score (nSPS) is 14.4. The van der Waals surface area contributed by atoms with Gasteiger partial charge in [0, 0.05) is 16.1 Å². The van der Waals surface area contributed by atoms with Crippen molar-refractivity contribution in [2.45, 2.75) is 18.8 Å². The maximum absolute atomic E-state index is 6.30. The quantitative estimate of drug-likeness (QED) is 0.631. The van der Waals surface area contributed by atoms with Gasteiger partial charge < -0.3 is 0 Å². The minimum Gasteiger partial charge on any atom is -0.279 e. The zero-order valence-electron chi connectivity index (χ0n) is 12.9. The number of rotatable bonds is 2. The summed E-state index contributed by atoms with van der Waals surface area (Å²) in [5.41, 5.74) is 3.83. The van der Waals surface area contributed by atoms with Crippen molar-refractivity contribution < 1.29 is 0 Å². The third-order valence-corrected chi connectivity index (χ3v) is 4.42. The molecule has 1 unspecified atom stereocenters. The van der Waals surface area contributed by atoms with Crippen LogP contribution in [-0.4, -0.2) is 20.5 Å². The molecule has 1 atom stereocenters. The molecule has 0 bridgehead atoms. The summed E-state index contributed by atoms with van der Waals surface area (Å²) in [5, 5.41) is 8.92. The Balaban J connectivity index is 1.99. The van der Waals surface area contributed by atoms with Crippen LogP contribution >= 0.6 is 23.2 Å². The Morgan fingerprint density at radius 3 is 2.62 bits per heavy atom. The monoisotopic (exact) mass is 356 g/mol. The van der Waals surface area contributed by atoms with Gasteiger partial charge in [0.2, 0.25) is 0 Å². The number of halogens is 2. The van der Waals surface area contributed by atoms with Gasteiger partial charge in [0.1, 0.15) is 6.54 Å². The maximum Gasteiger partial charge on any atom is 0.159 e. The van der Waals surface area contributed by atoms with Crippen molar-refractivity contribution in [2.75, 3.05) is 0 Å². The predicted molar refractivity (Wildman–Crippen MR) is 96.4 cm³/mol. The predicted octanol–water partition coefficient (Wildman–Crippen LogP) is 4.57. The summed E-state index contributed by atoms with van der Waals surface area (Å²) in [6.07, 6.45) is 0. The number of alkyl halides is 1. The molecule has 2 aromatic carbocycles. The van der Waals surface area contributed by atoms with E-state index >= 15 is 0 Å². The third-order valence-electron chi connectivity index (χ3n) is 3.99. The van der Waals surface area contributed by atoms with Gasteiger partial charge in [0.05, 0.1) is 16.8 Å². The van der Waals surface area contributed by atoms with Crippen LogP contribution in [0.25, 0.3) is 5.69 Å². The molecule has 2 heterocycles. The van der Waals surface area contributed by atoms with E-state index in [1.807, 2.05) is 60.0 Å². The molecule has 1 aliphatic heterocycles. The first-order valence-electron chi connectivity index (χ1n) is 7.63. The van der Waals surface area contributed by atoms with Crippen LogP contribution in [0.4, 0.5) is 0 Å². The Kier molecular flexibility index (Phi) is 3.87. The number of hydrogen-bond acceptors (Lipinski definition) is 3. The lowest BCUT2D eigenvalue weighted by molar-refractivity contribution is 0.827. The van der Waals surface area contributed by atoms with E-state index in [4.69, 9.17) is 28.2 Å². The van der Waals surface area contributed by atoms with Crippen molar-refractivity contribution in [3.05, 3.63) is 76.3 Å². The Labute approximate surface area is 149 Å². The summed E-state index contributed by atoms with van der Waals surface area (Å²) in [4.78, 5) is 4.78. The zero-order chi connectivity index (χ0) is 16.7. The highest BCUT2D eigenvalue weighted by Gasteiger charge is 2.24. The number of benzene rings is 2. The molecule has 3 aromatic rings. The van der Waals surface area contributed by atoms with Gasteiger partial charge in [-0.05, 0) is 25.1 Å². The van der Waals surface area contributed by atoms with Crippen LogP contribution in [0.15, 0.2) is 53.5 Å². The zero-order valence-corrected chi connectivity index (χ0v) is 14.5.